The van der Waals surface area contributed by atoms with Crippen molar-refractivity contribution in [1.82, 2.24) is 0 Å². The molecule has 0 saturated heterocycles. The molecule has 0 saturated carbocycles. The fourth-order valence-corrected chi connectivity index (χ4v) is 4.55. The van der Waals surface area contributed by atoms with Gasteiger partial charge in [0.1, 0.15) is 0 Å². The lowest BCUT2D eigenvalue weighted by Gasteiger charge is -2.18. The molecule has 0 aromatic carbocycles. The number of hydrogen-bond acceptors (Lipinski definition) is 0. The van der Waals surface area contributed by atoms with Gasteiger partial charge in [0, 0.05) is 0 Å². The minimum absolute atomic E-state index is 0.717. The largest absolute Gasteiger partial charge is 0.0856 e. The molecule has 196 valence electrons. The van der Waals surface area contributed by atoms with Gasteiger partial charge in [-0.05, 0) is 131 Å². The number of rotatable bonds is 16. The summed E-state index contributed by atoms with van der Waals surface area (Å²) in [6.07, 6.45) is 31.3. The quantitative estimate of drug-likeness (QED) is 0.194. The predicted octanol–water partition coefficient (Wildman–Crippen LogP) is 11.9. The van der Waals surface area contributed by atoms with Gasteiger partial charge in [-0.25, -0.2) is 0 Å². The molecule has 0 aromatic rings. The maximum atomic E-state index is 2.48. The number of hydrogen-bond donors (Lipinski definition) is 0. The summed E-state index contributed by atoms with van der Waals surface area (Å²) in [6.45, 7) is 18.2. The van der Waals surface area contributed by atoms with E-state index in [0.717, 1.165) is 12.3 Å². The molecule has 0 aromatic heterocycles. The van der Waals surface area contributed by atoms with Gasteiger partial charge < -0.3 is 0 Å². The Kier molecular flexibility index (Phi) is 16.5. The molecule has 0 heterocycles. The second-order valence-electron chi connectivity index (χ2n) is 11.4. The molecular formula is C35H56. The lowest BCUT2D eigenvalue weighted by atomic mass is 9.88. The van der Waals surface area contributed by atoms with Gasteiger partial charge in [-0.1, -0.05) is 88.5 Å². The van der Waals surface area contributed by atoms with E-state index in [1.165, 1.54) is 98.5 Å². The summed E-state index contributed by atoms with van der Waals surface area (Å²) in [6, 6.07) is 0. The average Bonchev–Trinajstić information content (AvgIpc) is 2.79. The van der Waals surface area contributed by atoms with E-state index >= 15 is 0 Å². The molecule has 1 rings (SSSR count). The van der Waals surface area contributed by atoms with Crippen LogP contribution in [0.1, 0.15) is 132 Å². The van der Waals surface area contributed by atoms with Crippen LogP contribution in [-0.2, 0) is 0 Å². The van der Waals surface area contributed by atoms with E-state index in [2.05, 4.69) is 97.9 Å². The molecular weight excluding hydrogens is 420 g/mol. The van der Waals surface area contributed by atoms with Crippen LogP contribution in [0, 0.1) is 5.92 Å². The SMILES string of the molecule is CC(C)=CCCC(C)=CCCC(C)=CCCC(C)=CCCC(C)=CCCC(C)C1=CCC(C)=CC1. The molecule has 35 heavy (non-hydrogen) atoms. The Morgan fingerprint density at radius 3 is 1.46 bits per heavy atom. The third-order valence-electron chi connectivity index (χ3n) is 7.28. The first-order valence-electron chi connectivity index (χ1n) is 14.3. The molecule has 0 fully saturated rings. The molecule has 0 N–H and O–H groups in total. The Morgan fingerprint density at radius 1 is 0.629 bits per heavy atom. The molecule has 0 aliphatic heterocycles. The first-order chi connectivity index (χ1) is 16.7. The predicted molar refractivity (Wildman–Crippen MR) is 161 cm³/mol. The second-order valence-corrected chi connectivity index (χ2v) is 11.4. The second kappa shape index (κ2) is 18.4. The van der Waals surface area contributed by atoms with Crippen LogP contribution in [0.5, 0.6) is 0 Å². The van der Waals surface area contributed by atoms with Gasteiger partial charge in [-0.15, -0.1) is 0 Å². The maximum Gasteiger partial charge on any atom is -0.0133 e. The fraction of sp³-hybridized carbons (Fsp3) is 0.600. The van der Waals surface area contributed by atoms with Crippen molar-refractivity contribution in [2.24, 2.45) is 5.92 Å². The van der Waals surface area contributed by atoms with Crippen LogP contribution in [0.4, 0.5) is 0 Å². The minimum Gasteiger partial charge on any atom is -0.0856 e. The highest BCUT2D eigenvalue weighted by atomic mass is 14.2. The molecule has 1 aliphatic carbocycles. The third-order valence-corrected chi connectivity index (χ3v) is 7.28. The van der Waals surface area contributed by atoms with Crippen molar-refractivity contribution in [2.75, 3.05) is 0 Å². The van der Waals surface area contributed by atoms with E-state index < -0.39 is 0 Å². The van der Waals surface area contributed by atoms with Crippen LogP contribution in [0.15, 0.2) is 81.5 Å². The van der Waals surface area contributed by atoms with Gasteiger partial charge in [0.05, 0.1) is 0 Å². The highest BCUT2D eigenvalue weighted by molar-refractivity contribution is 5.22. The van der Waals surface area contributed by atoms with Crippen molar-refractivity contribution >= 4 is 0 Å². The molecule has 0 heteroatoms. The normalized spacial score (nSPS) is 16.7. The van der Waals surface area contributed by atoms with E-state index in [4.69, 9.17) is 0 Å². The monoisotopic (exact) mass is 476 g/mol. The summed E-state index contributed by atoms with van der Waals surface area (Å²) in [7, 11) is 0. The molecule has 0 radical (unpaired) electrons. The Hall–Kier alpha value is -1.82. The van der Waals surface area contributed by atoms with Crippen molar-refractivity contribution in [3.05, 3.63) is 81.5 Å². The van der Waals surface area contributed by atoms with Crippen LogP contribution in [-0.4, -0.2) is 0 Å². The Bertz CT molecular complexity index is 827. The van der Waals surface area contributed by atoms with Crippen LogP contribution in [0.2, 0.25) is 0 Å². The lowest BCUT2D eigenvalue weighted by molar-refractivity contribution is 0.602. The maximum absolute atomic E-state index is 2.48. The standard InChI is InChI=1S/C35H56/c1-28(2)14-9-15-29(3)16-10-17-30(4)18-11-19-31(5)20-12-21-32(6)22-13-23-34(8)35-26-24-33(7)25-27-35/h14,16,18,20,22,24,27,34H,9-13,15,17,19,21,23,25-26H2,1-8H3. The van der Waals surface area contributed by atoms with E-state index in [-0.39, 0.29) is 0 Å². The third kappa shape index (κ3) is 16.5. The summed E-state index contributed by atoms with van der Waals surface area (Å²) in [5.41, 5.74) is 10.7. The molecule has 0 amide bonds. The van der Waals surface area contributed by atoms with Crippen molar-refractivity contribution in [3.63, 3.8) is 0 Å². The van der Waals surface area contributed by atoms with Crippen LogP contribution >= 0.6 is 0 Å². The molecule has 1 atom stereocenters. The van der Waals surface area contributed by atoms with Crippen molar-refractivity contribution < 1.29 is 0 Å². The number of allylic oxidation sites excluding steroid dienone is 14. The Morgan fingerprint density at radius 2 is 1.06 bits per heavy atom. The van der Waals surface area contributed by atoms with E-state index in [1.807, 2.05) is 0 Å². The smallest absolute Gasteiger partial charge is 0.0133 e. The summed E-state index contributed by atoms with van der Waals surface area (Å²) < 4.78 is 0. The minimum atomic E-state index is 0.717. The molecule has 0 bridgehead atoms. The Labute approximate surface area is 219 Å². The van der Waals surface area contributed by atoms with Crippen molar-refractivity contribution in [2.45, 2.75) is 132 Å². The van der Waals surface area contributed by atoms with Gasteiger partial charge in [0.2, 0.25) is 0 Å². The van der Waals surface area contributed by atoms with Gasteiger partial charge in [0.25, 0.3) is 0 Å². The average molecular weight is 477 g/mol. The zero-order valence-corrected chi connectivity index (χ0v) is 24.6. The van der Waals surface area contributed by atoms with Gasteiger partial charge in [-0.3, -0.25) is 0 Å². The van der Waals surface area contributed by atoms with Crippen LogP contribution < -0.4 is 0 Å². The summed E-state index contributed by atoms with van der Waals surface area (Å²) >= 11 is 0. The molecule has 0 spiro atoms. The first kappa shape index (κ1) is 31.2. The highest BCUT2D eigenvalue weighted by Crippen LogP contribution is 2.26. The van der Waals surface area contributed by atoms with Gasteiger partial charge in [-0.2, -0.15) is 0 Å². The van der Waals surface area contributed by atoms with Crippen molar-refractivity contribution in [3.8, 4) is 0 Å². The molecule has 1 unspecified atom stereocenters. The summed E-state index contributed by atoms with van der Waals surface area (Å²) in [4.78, 5) is 0. The fourth-order valence-electron chi connectivity index (χ4n) is 4.55. The first-order valence-corrected chi connectivity index (χ1v) is 14.3. The van der Waals surface area contributed by atoms with E-state index in [0.29, 0.717) is 0 Å². The Balaban J connectivity index is 2.22. The summed E-state index contributed by atoms with van der Waals surface area (Å²) in [5, 5.41) is 0. The van der Waals surface area contributed by atoms with E-state index in [9.17, 15) is 0 Å². The summed E-state index contributed by atoms with van der Waals surface area (Å²) in [5.74, 6) is 0.717. The lowest BCUT2D eigenvalue weighted by Crippen LogP contribution is -2.02. The zero-order valence-electron chi connectivity index (χ0n) is 24.6. The molecule has 0 nitrogen and oxygen atoms in total. The van der Waals surface area contributed by atoms with Crippen molar-refractivity contribution in [1.29, 1.82) is 0 Å². The highest BCUT2D eigenvalue weighted by Gasteiger charge is 2.10. The van der Waals surface area contributed by atoms with Gasteiger partial charge >= 0.3 is 0 Å². The zero-order chi connectivity index (χ0) is 26.1. The van der Waals surface area contributed by atoms with Crippen LogP contribution in [0.3, 0.4) is 0 Å². The topological polar surface area (TPSA) is 0 Å². The van der Waals surface area contributed by atoms with E-state index in [1.54, 1.807) is 11.1 Å². The van der Waals surface area contributed by atoms with Gasteiger partial charge in [0.15, 0.2) is 0 Å². The van der Waals surface area contributed by atoms with Crippen LogP contribution in [0.25, 0.3) is 0 Å². The molecule has 1 aliphatic rings.